The van der Waals surface area contributed by atoms with E-state index in [2.05, 4.69) is 21.4 Å². The van der Waals surface area contributed by atoms with Crippen LogP contribution in [0.4, 0.5) is 11.4 Å². The van der Waals surface area contributed by atoms with E-state index in [-0.39, 0.29) is 0 Å². The molecule has 0 aliphatic rings. The van der Waals surface area contributed by atoms with E-state index in [1.54, 1.807) is 12.3 Å². The lowest BCUT2D eigenvalue weighted by Gasteiger charge is -2.11. The SMILES string of the molecule is CCOc1ccc(Nc2cc(C)nc(C)c2C#N)cn1. The number of nitriles is 1. The number of rotatable bonds is 4. The molecule has 1 N–H and O–H groups in total. The summed E-state index contributed by atoms with van der Waals surface area (Å²) in [5.74, 6) is 0.584. The van der Waals surface area contributed by atoms with E-state index < -0.39 is 0 Å². The smallest absolute Gasteiger partial charge is 0.213 e. The lowest BCUT2D eigenvalue weighted by Crippen LogP contribution is -2.00. The third-order valence-corrected chi connectivity index (χ3v) is 2.75. The molecule has 0 bridgehead atoms. The third-order valence-electron chi connectivity index (χ3n) is 2.75. The molecule has 0 aromatic carbocycles. The van der Waals surface area contributed by atoms with Crippen LogP contribution in [0.15, 0.2) is 24.4 Å². The van der Waals surface area contributed by atoms with Crippen LogP contribution in [0, 0.1) is 25.2 Å². The van der Waals surface area contributed by atoms with Crippen molar-refractivity contribution in [3.63, 3.8) is 0 Å². The van der Waals surface area contributed by atoms with Crippen molar-refractivity contribution in [1.29, 1.82) is 5.26 Å². The topological polar surface area (TPSA) is 70.8 Å². The quantitative estimate of drug-likeness (QED) is 0.922. The van der Waals surface area contributed by atoms with Gasteiger partial charge in [0.1, 0.15) is 6.07 Å². The summed E-state index contributed by atoms with van der Waals surface area (Å²) in [6, 6.07) is 7.68. The molecule has 0 saturated carbocycles. The maximum Gasteiger partial charge on any atom is 0.213 e. The zero-order valence-electron chi connectivity index (χ0n) is 11.8. The first kappa shape index (κ1) is 13.8. The lowest BCUT2D eigenvalue weighted by molar-refractivity contribution is 0.327. The maximum atomic E-state index is 9.22. The fraction of sp³-hybridized carbons (Fsp3) is 0.267. The Morgan fingerprint density at radius 1 is 1.35 bits per heavy atom. The van der Waals surface area contributed by atoms with Crippen LogP contribution in [0.5, 0.6) is 5.88 Å². The van der Waals surface area contributed by atoms with E-state index in [9.17, 15) is 5.26 Å². The van der Waals surface area contributed by atoms with Gasteiger partial charge in [-0.05, 0) is 32.9 Å². The number of nitrogens with one attached hydrogen (secondary N) is 1. The summed E-state index contributed by atoms with van der Waals surface area (Å²) in [6.45, 7) is 6.22. The minimum atomic E-state index is 0.546. The molecule has 2 rings (SSSR count). The van der Waals surface area contributed by atoms with Gasteiger partial charge >= 0.3 is 0 Å². The van der Waals surface area contributed by atoms with Gasteiger partial charge in [-0.15, -0.1) is 0 Å². The average molecular weight is 268 g/mol. The Bertz CT molecular complexity index is 644. The van der Waals surface area contributed by atoms with Crippen LogP contribution in [0.2, 0.25) is 0 Å². The number of anilines is 2. The summed E-state index contributed by atoms with van der Waals surface area (Å²) in [6.07, 6.45) is 1.68. The van der Waals surface area contributed by atoms with Gasteiger partial charge in [-0.2, -0.15) is 5.26 Å². The Morgan fingerprint density at radius 2 is 2.15 bits per heavy atom. The molecule has 0 fully saturated rings. The van der Waals surface area contributed by atoms with E-state index in [0.717, 1.165) is 17.1 Å². The Labute approximate surface area is 118 Å². The van der Waals surface area contributed by atoms with Crippen molar-refractivity contribution >= 4 is 11.4 Å². The van der Waals surface area contributed by atoms with Crippen molar-refractivity contribution < 1.29 is 4.74 Å². The van der Waals surface area contributed by atoms with Gasteiger partial charge in [0.05, 0.1) is 35.4 Å². The maximum absolute atomic E-state index is 9.22. The minimum absolute atomic E-state index is 0.546. The highest BCUT2D eigenvalue weighted by molar-refractivity contribution is 5.67. The number of pyridine rings is 2. The summed E-state index contributed by atoms with van der Waals surface area (Å²) in [5, 5.41) is 12.4. The number of hydrogen-bond donors (Lipinski definition) is 1. The fourth-order valence-electron chi connectivity index (χ4n) is 1.91. The monoisotopic (exact) mass is 268 g/mol. The second-order valence-corrected chi connectivity index (χ2v) is 4.33. The first-order valence-corrected chi connectivity index (χ1v) is 6.38. The Morgan fingerprint density at radius 3 is 2.75 bits per heavy atom. The van der Waals surface area contributed by atoms with Crippen LogP contribution in [0.1, 0.15) is 23.9 Å². The molecule has 0 aliphatic heterocycles. The number of hydrogen-bond acceptors (Lipinski definition) is 5. The van der Waals surface area contributed by atoms with E-state index in [4.69, 9.17) is 4.74 Å². The number of aromatic nitrogens is 2. The molecule has 2 aromatic rings. The summed E-state index contributed by atoms with van der Waals surface area (Å²) < 4.78 is 5.29. The summed E-state index contributed by atoms with van der Waals surface area (Å²) in [7, 11) is 0. The zero-order chi connectivity index (χ0) is 14.5. The van der Waals surface area contributed by atoms with Crippen molar-refractivity contribution in [2.24, 2.45) is 0 Å². The van der Waals surface area contributed by atoms with Crippen LogP contribution in [0.3, 0.4) is 0 Å². The molecule has 0 amide bonds. The molecule has 0 saturated heterocycles. The molecular weight excluding hydrogens is 252 g/mol. The van der Waals surface area contributed by atoms with Crippen molar-refractivity contribution in [1.82, 2.24) is 9.97 Å². The van der Waals surface area contributed by atoms with Crippen LogP contribution < -0.4 is 10.1 Å². The Balaban J connectivity index is 2.28. The molecule has 0 aliphatic carbocycles. The number of aryl methyl sites for hydroxylation is 2. The zero-order valence-corrected chi connectivity index (χ0v) is 11.8. The van der Waals surface area contributed by atoms with Crippen molar-refractivity contribution in [2.75, 3.05) is 11.9 Å². The van der Waals surface area contributed by atoms with Gasteiger partial charge in [0.15, 0.2) is 0 Å². The highest BCUT2D eigenvalue weighted by atomic mass is 16.5. The predicted molar refractivity (Wildman–Crippen MR) is 77.1 cm³/mol. The van der Waals surface area contributed by atoms with Crippen LogP contribution in [-0.4, -0.2) is 16.6 Å². The lowest BCUT2D eigenvalue weighted by atomic mass is 10.1. The molecule has 0 unspecified atom stereocenters. The van der Waals surface area contributed by atoms with E-state index in [0.29, 0.717) is 23.7 Å². The molecule has 2 aromatic heterocycles. The van der Waals surface area contributed by atoms with Gasteiger partial charge in [-0.1, -0.05) is 0 Å². The highest BCUT2D eigenvalue weighted by Crippen LogP contribution is 2.23. The Hall–Kier alpha value is -2.61. The van der Waals surface area contributed by atoms with Gasteiger partial charge in [-0.3, -0.25) is 4.98 Å². The van der Waals surface area contributed by atoms with Gasteiger partial charge in [-0.25, -0.2) is 4.98 Å². The van der Waals surface area contributed by atoms with Gasteiger partial charge in [0.25, 0.3) is 0 Å². The Kier molecular flexibility index (Phi) is 4.16. The highest BCUT2D eigenvalue weighted by Gasteiger charge is 2.08. The van der Waals surface area contributed by atoms with Crippen LogP contribution >= 0.6 is 0 Å². The third kappa shape index (κ3) is 3.04. The number of ether oxygens (including phenoxy) is 1. The second-order valence-electron chi connectivity index (χ2n) is 4.33. The fourth-order valence-corrected chi connectivity index (χ4v) is 1.91. The van der Waals surface area contributed by atoms with Gasteiger partial charge in [0.2, 0.25) is 5.88 Å². The molecule has 20 heavy (non-hydrogen) atoms. The molecule has 2 heterocycles. The summed E-state index contributed by atoms with van der Waals surface area (Å²) in [5.41, 5.74) is 3.67. The molecule has 102 valence electrons. The first-order chi connectivity index (χ1) is 9.63. The van der Waals surface area contributed by atoms with Crippen LogP contribution in [-0.2, 0) is 0 Å². The second kappa shape index (κ2) is 6.02. The first-order valence-electron chi connectivity index (χ1n) is 6.38. The molecule has 0 spiro atoms. The van der Waals surface area contributed by atoms with E-state index in [1.807, 2.05) is 32.9 Å². The van der Waals surface area contributed by atoms with Crippen molar-refractivity contribution in [3.05, 3.63) is 41.3 Å². The van der Waals surface area contributed by atoms with Crippen molar-refractivity contribution in [3.8, 4) is 11.9 Å². The summed E-state index contributed by atoms with van der Waals surface area (Å²) >= 11 is 0. The average Bonchev–Trinajstić information content (AvgIpc) is 2.41. The number of nitrogens with zero attached hydrogens (tertiary/aromatic N) is 3. The van der Waals surface area contributed by atoms with E-state index in [1.165, 1.54) is 0 Å². The predicted octanol–water partition coefficient (Wildman–Crippen LogP) is 3.11. The van der Waals surface area contributed by atoms with E-state index >= 15 is 0 Å². The van der Waals surface area contributed by atoms with Gasteiger partial charge < -0.3 is 10.1 Å². The molecule has 0 radical (unpaired) electrons. The molecule has 0 atom stereocenters. The van der Waals surface area contributed by atoms with Gasteiger partial charge in [0, 0.05) is 11.8 Å². The molecular formula is C15H16N4O. The standard InChI is InChI=1S/C15H16N4O/c1-4-20-15-6-5-12(9-17-15)19-14-7-10(2)18-11(3)13(14)8-16/h5-7,9H,4H2,1-3H3,(H,18,19). The largest absolute Gasteiger partial charge is 0.478 e. The summed E-state index contributed by atoms with van der Waals surface area (Å²) in [4.78, 5) is 8.47. The molecule has 5 heteroatoms. The molecule has 5 nitrogen and oxygen atoms in total. The normalized spacial score (nSPS) is 9.90. The minimum Gasteiger partial charge on any atom is -0.478 e. The van der Waals surface area contributed by atoms with Crippen molar-refractivity contribution in [2.45, 2.75) is 20.8 Å². The van der Waals surface area contributed by atoms with Crippen LogP contribution in [0.25, 0.3) is 0 Å².